The molecule has 2 rings (SSSR count). The Hall–Kier alpha value is -2.40. The van der Waals surface area contributed by atoms with Crippen molar-refractivity contribution in [2.45, 2.75) is 27.0 Å². The first-order chi connectivity index (χ1) is 9.99. The third kappa shape index (κ3) is 3.79. The summed E-state index contributed by atoms with van der Waals surface area (Å²) in [4.78, 5) is 10.6. The highest BCUT2D eigenvalue weighted by atomic mass is 16.6. The molecular weight excluding hydrogens is 268 g/mol. The van der Waals surface area contributed by atoms with Crippen LogP contribution >= 0.6 is 0 Å². The van der Waals surface area contributed by atoms with Gasteiger partial charge >= 0.3 is 5.69 Å². The number of hydrogen-bond acceptors (Lipinski definition) is 4. The lowest BCUT2D eigenvalue weighted by Crippen LogP contribution is -2.02. The van der Waals surface area contributed by atoms with E-state index < -0.39 is 4.92 Å². The second kappa shape index (κ2) is 6.37. The van der Waals surface area contributed by atoms with Crippen LogP contribution in [0.3, 0.4) is 0 Å². The molecule has 0 aliphatic carbocycles. The first-order valence-corrected chi connectivity index (χ1v) is 6.67. The Labute approximate surface area is 123 Å². The average molecular weight is 286 g/mol. The zero-order valence-electron chi connectivity index (χ0n) is 12.1. The van der Waals surface area contributed by atoms with Crippen molar-refractivity contribution in [2.24, 2.45) is 5.73 Å². The number of benzene rings is 2. The summed E-state index contributed by atoms with van der Waals surface area (Å²) in [7, 11) is 0. The van der Waals surface area contributed by atoms with Crippen LogP contribution in [0.15, 0.2) is 36.4 Å². The van der Waals surface area contributed by atoms with E-state index in [0.29, 0.717) is 6.54 Å². The Balaban J connectivity index is 2.23. The van der Waals surface area contributed by atoms with Crippen LogP contribution in [-0.4, -0.2) is 4.92 Å². The normalized spacial score (nSPS) is 10.4. The molecule has 2 aromatic rings. The number of nitrogens with zero attached hydrogens (tertiary/aromatic N) is 1. The predicted molar refractivity (Wildman–Crippen MR) is 81.2 cm³/mol. The van der Waals surface area contributed by atoms with Crippen LogP contribution in [0, 0.1) is 24.0 Å². The summed E-state index contributed by atoms with van der Waals surface area (Å²) >= 11 is 0. The summed E-state index contributed by atoms with van der Waals surface area (Å²) in [6.45, 7) is 4.62. The number of rotatable bonds is 5. The number of nitro benzene ring substituents is 1. The van der Waals surface area contributed by atoms with Crippen LogP contribution in [0.25, 0.3) is 0 Å². The van der Waals surface area contributed by atoms with E-state index >= 15 is 0 Å². The zero-order chi connectivity index (χ0) is 15.4. The van der Waals surface area contributed by atoms with E-state index in [-0.39, 0.29) is 18.0 Å². The van der Waals surface area contributed by atoms with Gasteiger partial charge in [0, 0.05) is 12.6 Å². The van der Waals surface area contributed by atoms with Gasteiger partial charge in [-0.1, -0.05) is 35.4 Å². The lowest BCUT2D eigenvalue weighted by molar-refractivity contribution is -0.386. The van der Waals surface area contributed by atoms with Crippen molar-refractivity contribution in [2.75, 3.05) is 0 Å². The summed E-state index contributed by atoms with van der Waals surface area (Å²) in [6.07, 6.45) is 0. The van der Waals surface area contributed by atoms with Crippen LogP contribution in [0.5, 0.6) is 5.75 Å². The molecule has 0 bridgehead atoms. The van der Waals surface area contributed by atoms with E-state index in [1.165, 1.54) is 6.07 Å². The van der Waals surface area contributed by atoms with Gasteiger partial charge in [0.25, 0.3) is 0 Å². The number of nitro groups is 1. The minimum absolute atomic E-state index is 0.0448. The molecule has 0 aliphatic heterocycles. The van der Waals surface area contributed by atoms with Gasteiger partial charge in [-0.2, -0.15) is 0 Å². The van der Waals surface area contributed by atoms with Crippen molar-refractivity contribution < 1.29 is 9.66 Å². The lowest BCUT2D eigenvalue weighted by atomic mass is 10.1. The Morgan fingerprint density at radius 2 is 1.76 bits per heavy atom. The standard InChI is InChI=1S/C16H18N2O3/c1-11-5-12(2)7-14(6-11)10-21-16-8-13(9-17)3-4-15(16)18(19)20/h3-8H,9-10,17H2,1-2H3. The molecule has 0 heterocycles. The molecule has 0 unspecified atom stereocenters. The van der Waals surface area contributed by atoms with Gasteiger partial charge in [0.05, 0.1) is 4.92 Å². The Bertz CT molecular complexity index is 648. The van der Waals surface area contributed by atoms with Crippen LogP contribution in [-0.2, 0) is 13.2 Å². The molecule has 5 nitrogen and oxygen atoms in total. The van der Waals surface area contributed by atoms with Crippen molar-refractivity contribution in [1.82, 2.24) is 0 Å². The number of nitrogens with two attached hydrogens (primary N) is 1. The van der Waals surface area contributed by atoms with Gasteiger partial charge in [-0.25, -0.2) is 0 Å². The van der Waals surface area contributed by atoms with Crippen LogP contribution in [0.4, 0.5) is 5.69 Å². The van der Waals surface area contributed by atoms with Gasteiger partial charge in [-0.05, 0) is 31.0 Å². The number of ether oxygens (including phenoxy) is 1. The first-order valence-electron chi connectivity index (χ1n) is 6.67. The highest BCUT2D eigenvalue weighted by Crippen LogP contribution is 2.28. The van der Waals surface area contributed by atoms with Crippen molar-refractivity contribution in [1.29, 1.82) is 0 Å². The monoisotopic (exact) mass is 286 g/mol. The summed E-state index contributed by atoms with van der Waals surface area (Å²) in [5.74, 6) is 0.252. The fourth-order valence-corrected chi connectivity index (χ4v) is 2.27. The summed E-state index contributed by atoms with van der Waals surface area (Å²) < 4.78 is 5.64. The maximum atomic E-state index is 11.0. The van der Waals surface area contributed by atoms with Crippen LogP contribution < -0.4 is 10.5 Å². The minimum atomic E-state index is -0.447. The summed E-state index contributed by atoms with van der Waals surface area (Å²) in [5.41, 5.74) is 9.59. The van der Waals surface area contributed by atoms with E-state index in [4.69, 9.17) is 10.5 Å². The van der Waals surface area contributed by atoms with E-state index in [9.17, 15) is 10.1 Å². The maximum Gasteiger partial charge on any atom is 0.310 e. The van der Waals surface area contributed by atoms with Crippen molar-refractivity contribution in [3.05, 3.63) is 68.8 Å². The average Bonchev–Trinajstić information content (AvgIpc) is 2.43. The second-order valence-electron chi connectivity index (χ2n) is 5.05. The van der Waals surface area contributed by atoms with Gasteiger partial charge in [0.15, 0.2) is 5.75 Å². The number of hydrogen-bond donors (Lipinski definition) is 1. The molecule has 0 amide bonds. The van der Waals surface area contributed by atoms with Crippen LogP contribution in [0.1, 0.15) is 22.3 Å². The molecule has 0 saturated carbocycles. The lowest BCUT2D eigenvalue weighted by Gasteiger charge is -2.09. The molecule has 0 radical (unpaired) electrons. The Morgan fingerprint density at radius 3 is 2.33 bits per heavy atom. The highest BCUT2D eigenvalue weighted by molar-refractivity contribution is 5.48. The van der Waals surface area contributed by atoms with Crippen molar-refractivity contribution >= 4 is 5.69 Å². The fraction of sp³-hybridized carbons (Fsp3) is 0.250. The maximum absolute atomic E-state index is 11.0. The smallest absolute Gasteiger partial charge is 0.310 e. The second-order valence-corrected chi connectivity index (χ2v) is 5.05. The molecule has 2 aromatic carbocycles. The quantitative estimate of drug-likeness (QED) is 0.676. The van der Waals surface area contributed by atoms with Gasteiger partial charge < -0.3 is 10.5 Å². The Kier molecular flexibility index (Phi) is 4.55. The van der Waals surface area contributed by atoms with Gasteiger partial charge in [0.2, 0.25) is 0 Å². The van der Waals surface area contributed by atoms with Gasteiger partial charge in [-0.3, -0.25) is 10.1 Å². The van der Waals surface area contributed by atoms with E-state index in [1.807, 2.05) is 26.0 Å². The molecular formula is C16H18N2O3. The van der Waals surface area contributed by atoms with E-state index in [1.54, 1.807) is 12.1 Å². The Morgan fingerprint density at radius 1 is 1.10 bits per heavy atom. The molecule has 0 spiro atoms. The third-order valence-electron chi connectivity index (χ3n) is 3.13. The number of aryl methyl sites for hydroxylation is 2. The highest BCUT2D eigenvalue weighted by Gasteiger charge is 2.15. The van der Waals surface area contributed by atoms with Gasteiger partial charge in [0.1, 0.15) is 6.61 Å². The zero-order valence-corrected chi connectivity index (χ0v) is 12.1. The SMILES string of the molecule is Cc1cc(C)cc(COc2cc(CN)ccc2[N+](=O)[O-])c1. The van der Waals surface area contributed by atoms with Gasteiger partial charge in [-0.15, -0.1) is 0 Å². The van der Waals surface area contributed by atoms with Crippen molar-refractivity contribution in [3.63, 3.8) is 0 Å². The molecule has 0 saturated heterocycles. The van der Waals surface area contributed by atoms with Crippen molar-refractivity contribution in [3.8, 4) is 5.75 Å². The molecule has 0 aromatic heterocycles. The molecule has 0 fully saturated rings. The van der Waals surface area contributed by atoms with Crippen LogP contribution in [0.2, 0.25) is 0 Å². The van der Waals surface area contributed by atoms with E-state index in [2.05, 4.69) is 6.07 Å². The summed E-state index contributed by atoms with van der Waals surface area (Å²) in [6, 6.07) is 10.8. The molecule has 0 atom stereocenters. The third-order valence-corrected chi connectivity index (χ3v) is 3.13. The molecule has 5 heteroatoms. The predicted octanol–water partition coefficient (Wildman–Crippen LogP) is 3.25. The largest absolute Gasteiger partial charge is 0.482 e. The first kappa shape index (κ1) is 15.0. The summed E-state index contributed by atoms with van der Waals surface area (Å²) in [5, 5.41) is 11.0. The molecule has 110 valence electrons. The topological polar surface area (TPSA) is 78.4 Å². The molecule has 2 N–H and O–H groups in total. The van der Waals surface area contributed by atoms with E-state index in [0.717, 1.165) is 22.3 Å². The molecule has 21 heavy (non-hydrogen) atoms. The fourth-order valence-electron chi connectivity index (χ4n) is 2.27. The minimum Gasteiger partial charge on any atom is -0.482 e. The molecule has 0 aliphatic rings.